The van der Waals surface area contributed by atoms with E-state index in [-0.39, 0.29) is 0 Å². The topological polar surface area (TPSA) is 221 Å². The molecule has 0 radical (unpaired) electrons. The van der Waals surface area contributed by atoms with Gasteiger partial charge in [-0.05, 0) is 0 Å². The Kier molecular flexibility index (Phi) is 7.43. The van der Waals surface area contributed by atoms with Crippen molar-refractivity contribution in [3.8, 4) is 0 Å². The molecule has 0 aromatic heterocycles. The third-order valence-electron chi connectivity index (χ3n) is 3.86. The van der Waals surface area contributed by atoms with Crippen LogP contribution in [0.2, 0.25) is 0 Å². The summed E-state index contributed by atoms with van der Waals surface area (Å²) >= 11 is 0. The van der Waals surface area contributed by atoms with Gasteiger partial charge < -0.3 is 60.5 Å². The summed E-state index contributed by atoms with van der Waals surface area (Å²) in [5.41, 5.74) is 0. The van der Waals surface area contributed by atoms with E-state index >= 15 is 0 Å². The zero-order chi connectivity index (χ0) is 18.7. The Balaban J connectivity index is 0.000000240. The fourth-order valence-electron chi connectivity index (χ4n) is 2.30. The maximum absolute atomic E-state index is 9.25. The smallest absolute Gasteiger partial charge is 0.219 e. The highest BCUT2D eigenvalue weighted by Gasteiger charge is 2.53. The van der Waals surface area contributed by atoms with Crippen LogP contribution in [0.3, 0.4) is 0 Å². The zero-order valence-corrected chi connectivity index (χ0v) is 12.6. The second kappa shape index (κ2) is 8.27. The highest BCUT2D eigenvalue weighted by Crippen LogP contribution is 2.29. The number of rotatable bonds is 4. The maximum atomic E-state index is 9.25. The molecule has 0 aromatic carbocycles. The Morgan fingerprint density at radius 2 is 0.917 bits per heavy atom. The molecule has 8 atom stereocenters. The molecule has 0 bridgehead atoms. The molecule has 2 aliphatic rings. The van der Waals surface area contributed by atoms with Gasteiger partial charge in [0.15, 0.2) is 0 Å². The van der Waals surface area contributed by atoms with E-state index in [1.54, 1.807) is 0 Å². The SMILES string of the molecule is OC[C@@H]1OC(O)(CO)[C@H](O)[C@H]1O.OC[C@@H]1OC(O)(CO)[C@H](O)[C@H]1O. The largest absolute Gasteiger partial charge is 0.394 e. The van der Waals surface area contributed by atoms with Gasteiger partial charge in [-0.15, -0.1) is 0 Å². The summed E-state index contributed by atoms with van der Waals surface area (Å²) in [6.07, 6.45) is -8.08. The molecule has 144 valence electrons. The van der Waals surface area contributed by atoms with Crippen molar-refractivity contribution in [3.63, 3.8) is 0 Å². The highest BCUT2D eigenvalue weighted by atomic mass is 16.7. The van der Waals surface area contributed by atoms with Gasteiger partial charge >= 0.3 is 0 Å². The predicted molar refractivity (Wildman–Crippen MR) is 72.0 cm³/mol. The van der Waals surface area contributed by atoms with Crippen molar-refractivity contribution in [2.45, 2.75) is 48.2 Å². The zero-order valence-electron chi connectivity index (χ0n) is 12.6. The van der Waals surface area contributed by atoms with E-state index in [2.05, 4.69) is 9.47 Å². The molecule has 12 nitrogen and oxygen atoms in total. The van der Waals surface area contributed by atoms with Crippen molar-refractivity contribution < 1.29 is 60.5 Å². The number of hydrogen-bond donors (Lipinski definition) is 10. The Hall–Kier alpha value is -0.480. The van der Waals surface area contributed by atoms with Gasteiger partial charge in [0, 0.05) is 0 Å². The first-order chi connectivity index (χ1) is 11.1. The van der Waals surface area contributed by atoms with Crippen molar-refractivity contribution in [3.05, 3.63) is 0 Å². The first kappa shape index (κ1) is 21.6. The standard InChI is InChI=1S/2C6H12O6/c2*7-1-3-4(9)5(10)6(11,2-8)12-3/h2*3-5,7-11H,1-2H2/t2*3-,4-,5+,6?/m00/s1. The number of aliphatic hydroxyl groups is 10. The molecule has 10 N–H and O–H groups in total. The Bertz CT molecular complexity index is 360. The monoisotopic (exact) mass is 360 g/mol. The molecule has 2 rings (SSSR count). The van der Waals surface area contributed by atoms with Gasteiger partial charge in [0.25, 0.3) is 0 Å². The van der Waals surface area contributed by atoms with Crippen LogP contribution in [-0.4, -0.2) is 126 Å². The molecule has 0 amide bonds. The second-order valence-corrected chi connectivity index (χ2v) is 5.55. The van der Waals surface area contributed by atoms with Crippen molar-refractivity contribution in [2.24, 2.45) is 0 Å². The molecular formula is C12H24O12. The summed E-state index contributed by atoms with van der Waals surface area (Å²) in [5.74, 6) is -4.32. The van der Waals surface area contributed by atoms with E-state index in [0.717, 1.165) is 0 Å². The van der Waals surface area contributed by atoms with Crippen LogP contribution in [0, 0.1) is 0 Å². The summed E-state index contributed by atoms with van der Waals surface area (Å²) in [7, 11) is 0. The van der Waals surface area contributed by atoms with Crippen LogP contribution in [0.5, 0.6) is 0 Å². The fourth-order valence-corrected chi connectivity index (χ4v) is 2.30. The van der Waals surface area contributed by atoms with Crippen molar-refractivity contribution in [1.82, 2.24) is 0 Å². The molecule has 12 heteroatoms. The first-order valence-corrected chi connectivity index (χ1v) is 7.06. The Labute approximate surface area is 136 Å². The van der Waals surface area contributed by atoms with E-state index in [0.29, 0.717) is 0 Å². The molecular weight excluding hydrogens is 336 g/mol. The van der Waals surface area contributed by atoms with Crippen molar-refractivity contribution in [1.29, 1.82) is 0 Å². The van der Waals surface area contributed by atoms with Crippen LogP contribution in [0.25, 0.3) is 0 Å². The fraction of sp³-hybridized carbons (Fsp3) is 1.00. The van der Waals surface area contributed by atoms with Crippen LogP contribution < -0.4 is 0 Å². The average Bonchev–Trinajstić information content (AvgIpc) is 2.96. The molecule has 2 heterocycles. The lowest BCUT2D eigenvalue weighted by atomic mass is 10.1. The van der Waals surface area contributed by atoms with Crippen LogP contribution in [0.15, 0.2) is 0 Å². The number of hydrogen-bond acceptors (Lipinski definition) is 12. The molecule has 2 aliphatic heterocycles. The van der Waals surface area contributed by atoms with E-state index in [9.17, 15) is 10.2 Å². The molecule has 24 heavy (non-hydrogen) atoms. The highest BCUT2D eigenvalue weighted by molar-refractivity contribution is 4.95. The lowest BCUT2D eigenvalue weighted by Gasteiger charge is -2.22. The average molecular weight is 360 g/mol. The predicted octanol–water partition coefficient (Wildman–Crippen LogP) is -6.44. The van der Waals surface area contributed by atoms with Crippen LogP contribution in [-0.2, 0) is 9.47 Å². The van der Waals surface area contributed by atoms with Gasteiger partial charge in [-0.1, -0.05) is 0 Å². The molecule has 0 saturated carbocycles. The van der Waals surface area contributed by atoms with Crippen LogP contribution >= 0.6 is 0 Å². The van der Waals surface area contributed by atoms with Crippen LogP contribution in [0.1, 0.15) is 0 Å². The summed E-state index contributed by atoms with van der Waals surface area (Å²) < 4.78 is 9.25. The van der Waals surface area contributed by atoms with Gasteiger partial charge in [-0.25, -0.2) is 0 Å². The van der Waals surface area contributed by atoms with Gasteiger partial charge in [-0.3, -0.25) is 0 Å². The van der Waals surface area contributed by atoms with Gasteiger partial charge in [0.05, 0.1) is 26.4 Å². The first-order valence-electron chi connectivity index (χ1n) is 7.06. The number of aliphatic hydroxyl groups excluding tert-OH is 8. The number of ether oxygens (including phenoxy) is 2. The quantitative estimate of drug-likeness (QED) is 0.226. The molecule has 2 saturated heterocycles. The van der Waals surface area contributed by atoms with E-state index in [1.807, 2.05) is 0 Å². The van der Waals surface area contributed by atoms with E-state index in [1.165, 1.54) is 0 Å². The summed E-state index contributed by atoms with van der Waals surface area (Å²) in [5, 5.41) is 89.4. The van der Waals surface area contributed by atoms with Crippen LogP contribution in [0.4, 0.5) is 0 Å². The molecule has 0 aromatic rings. The van der Waals surface area contributed by atoms with Gasteiger partial charge in [0.1, 0.15) is 36.6 Å². The Morgan fingerprint density at radius 1 is 0.625 bits per heavy atom. The third-order valence-corrected chi connectivity index (χ3v) is 3.86. The Morgan fingerprint density at radius 3 is 1.04 bits per heavy atom. The normalized spacial score (nSPS) is 48.2. The van der Waals surface area contributed by atoms with Gasteiger partial charge in [0.2, 0.25) is 11.6 Å². The van der Waals surface area contributed by atoms with E-state index < -0.39 is 74.6 Å². The molecule has 0 aliphatic carbocycles. The lowest BCUT2D eigenvalue weighted by molar-refractivity contribution is -0.248. The molecule has 0 spiro atoms. The molecule has 2 fully saturated rings. The minimum Gasteiger partial charge on any atom is -0.394 e. The second-order valence-electron chi connectivity index (χ2n) is 5.55. The summed E-state index contributed by atoms with van der Waals surface area (Å²) in [4.78, 5) is 0. The minimum absolute atomic E-state index is 0.527. The third kappa shape index (κ3) is 4.01. The maximum Gasteiger partial charge on any atom is 0.219 e. The van der Waals surface area contributed by atoms with Crippen molar-refractivity contribution >= 4 is 0 Å². The van der Waals surface area contributed by atoms with E-state index in [4.69, 9.17) is 40.9 Å². The minimum atomic E-state index is -2.16. The van der Waals surface area contributed by atoms with Gasteiger partial charge in [-0.2, -0.15) is 0 Å². The summed E-state index contributed by atoms with van der Waals surface area (Å²) in [6, 6.07) is 0. The lowest BCUT2D eigenvalue weighted by Crippen LogP contribution is -2.46. The summed E-state index contributed by atoms with van der Waals surface area (Å²) in [6.45, 7) is -2.72. The van der Waals surface area contributed by atoms with Crippen molar-refractivity contribution in [2.75, 3.05) is 26.4 Å². The molecule has 2 unspecified atom stereocenters.